The molecule has 2 heteroatoms. The van der Waals surface area contributed by atoms with Crippen LogP contribution in [0.3, 0.4) is 0 Å². The molecule has 0 fully saturated rings. The third-order valence-corrected chi connectivity index (χ3v) is 3.14. The number of aryl methyl sites for hydroxylation is 1. The molecule has 0 bridgehead atoms. The normalized spacial score (nSPS) is 20.6. The Bertz CT molecular complexity index is 320. The summed E-state index contributed by atoms with van der Waals surface area (Å²) < 4.78 is 0. The number of hydrogen-bond acceptors (Lipinski definition) is 2. The summed E-state index contributed by atoms with van der Waals surface area (Å²) in [6.07, 6.45) is 3.60. The Hall–Kier alpha value is -0.860. The third kappa shape index (κ3) is 1.81. The molecule has 1 aliphatic rings. The van der Waals surface area contributed by atoms with Crippen molar-refractivity contribution in [3.8, 4) is 0 Å². The van der Waals surface area contributed by atoms with E-state index in [1.807, 2.05) is 7.05 Å². The number of benzene rings is 1. The summed E-state index contributed by atoms with van der Waals surface area (Å²) in [4.78, 5) is 0. The van der Waals surface area contributed by atoms with Gasteiger partial charge in [0, 0.05) is 12.6 Å². The largest absolute Gasteiger partial charge is 0.326 e. The van der Waals surface area contributed by atoms with Crippen molar-refractivity contribution in [1.29, 1.82) is 0 Å². The molecule has 1 aromatic carbocycles. The second kappa shape index (κ2) is 4.11. The van der Waals surface area contributed by atoms with Crippen LogP contribution < -0.4 is 11.1 Å². The number of fused-ring (bicyclic) bond motifs is 1. The van der Waals surface area contributed by atoms with E-state index in [2.05, 4.69) is 23.5 Å². The predicted octanol–water partition coefficient (Wildman–Crippen LogP) is 1.22. The lowest BCUT2D eigenvalue weighted by Crippen LogP contribution is -2.31. The van der Waals surface area contributed by atoms with Crippen LogP contribution >= 0.6 is 0 Å². The lowest BCUT2D eigenvalue weighted by atomic mass is 9.87. The highest BCUT2D eigenvalue weighted by Crippen LogP contribution is 2.22. The molecule has 14 heavy (non-hydrogen) atoms. The Balaban J connectivity index is 2.23. The van der Waals surface area contributed by atoms with Crippen LogP contribution in [0.2, 0.25) is 0 Å². The van der Waals surface area contributed by atoms with E-state index in [9.17, 15) is 0 Å². The van der Waals surface area contributed by atoms with Gasteiger partial charge in [0.25, 0.3) is 0 Å². The minimum Gasteiger partial charge on any atom is -0.326 e. The zero-order valence-electron chi connectivity index (χ0n) is 8.72. The first-order valence-electron chi connectivity index (χ1n) is 5.31. The van der Waals surface area contributed by atoms with Crippen LogP contribution in [-0.2, 0) is 19.4 Å². The second-order valence-electron chi connectivity index (χ2n) is 4.04. The fourth-order valence-corrected chi connectivity index (χ4v) is 2.18. The van der Waals surface area contributed by atoms with E-state index in [4.69, 9.17) is 5.73 Å². The fourth-order valence-electron chi connectivity index (χ4n) is 2.18. The lowest BCUT2D eigenvalue weighted by Gasteiger charge is -2.24. The van der Waals surface area contributed by atoms with Crippen LogP contribution in [0.5, 0.6) is 0 Å². The van der Waals surface area contributed by atoms with Gasteiger partial charge in [-0.3, -0.25) is 0 Å². The summed E-state index contributed by atoms with van der Waals surface area (Å²) in [5.74, 6) is 0. The molecule has 0 spiro atoms. The molecular weight excluding hydrogens is 172 g/mol. The van der Waals surface area contributed by atoms with Gasteiger partial charge in [0.05, 0.1) is 0 Å². The second-order valence-corrected chi connectivity index (χ2v) is 4.04. The van der Waals surface area contributed by atoms with E-state index < -0.39 is 0 Å². The van der Waals surface area contributed by atoms with E-state index in [0.717, 1.165) is 6.42 Å². The molecule has 2 rings (SSSR count). The van der Waals surface area contributed by atoms with Gasteiger partial charge in [-0.15, -0.1) is 0 Å². The molecule has 1 aromatic rings. The Morgan fingerprint density at radius 2 is 2.29 bits per heavy atom. The molecule has 0 aromatic heterocycles. The van der Waals surface area contributed by atoms with Crippen LogP contribution in [0.15, 0.2) is 18.2 Å². The van der Waals surface area contributed by atoms with E-state index >= 15 is 0 Å². The van der Waals surface area contributed by atoms with Gasteiger partial charge in [0.15, 0.2) is 0 Å². The van der Waals surface area contributed by atoms with Crippen LogP contribution in [0, 0.1) is 0 Å². The van der Waals surface area contributed by atoms with Gasteiger partial charge in [-0.05, 0) is 43.0 Å². The zero-order valence-corrected chi connectivity index (χ0v) is 8.72. The molecule has 0 radical (unpaired) electrons. The maximum Gasteiger partial charge on any atom is 0.0178 e. The first-order valence-corrected chi connectivity index (χ1v) is 5.31. The van der Waals surface area contributed by atoms with Crippen molar-refractivity contribution in [3.63, 3.8) is 0 Å². The van der Waals surface area contributed by atoms with Crippen molar-refractivity contribution in [2.75, 3.05) is 7.05 Å². The first kappa shape index (κ1) is 9.69. The van der Waals surface area contributed by atoms with Crippen LogP contribution in [-0.4, -0.2) is 13.1 Å². The van der Waals surface area contributed by atoms with Gasteiger partial charge in [0.1, 0.15) is 0 Å². The minimum absolute atomic E-state index is 0.655. The summed E-state index contributed by atoms with van der Waals surface area (Å²) in [5, 5.41) is 3.35. The molecule has 3 N–H and O–H groups in total. The summed E-state index contributed by atoms with van der Waals surface area (Å²) in [6.45, 7) is 0.655. The Kier molecular flexibility index (Phi) is 2.85. The smallest absolute Gasteiger partial charge is 0.0178 e. The van der Waals surface area contributed by atoms with Crippen LogP contribution in [0.4, 0.5) is 0 Å². The van der Waals surface area contributed by atoms with Gasteiger partial charge < -0.3 is 11.1 Å². The average molecular weight is 190 g/mol. The number of rotatable bonds is 2. The van der Waals surface area contributed by atoms with Gasteiger partial charge in [-0.2, -0.15) is 0 Å². The van der Waals surface area contributed by atoms with Crippen molar-refractivity contribution in [1.82, 2.24) is 5.32 Å². The topological polar surface area (TPSA) is 38.0 Å². The van der Waals surface area contributed by atoms with Gasteiger partial charge in [-0.1, -0.05) is 18.2 Å². The SMILES string of the molecule is CNC1CCc2cc(CN)ccc2C1. The van der Waals surface area contributed by atoms with Crippen LogP contribution in [0.25, 0.3) is 0 Å². The number of nitrogens with one attached hydrogen (secondary N) is 1. The number of hydrogen-bond donors (Lipinski definition) is 2. The highest BCUT2D eigenvalue weighted by atomic mass is 14.9. The van der Waals surface area contributed by atoms with Gasteiger partial charge in [-0.25, -0.2) is 0 Å². The summed E-state index contributed by atoms with van der Waals surface area (Å²) in [5.41, 5.74) is 9.87. The lowest BCUT2D eigenvalue weighted by molar-refractivity contribution is 0.496. The van der Waals surface area contributed by atoms with Crippen molar-refractivity contribution in [2.45, 2.75) is 31.8 Å². The molecule has 76 valence electrons. The molecule has 1 aliphatic carbocycles. The molecule has 0 saturated carbocycles. The van der Waals surface area contributed by atoms with Gasteiger partial charge >= 0.3 is 0 Å². The van der Waals surface area contributed by atoms with Crippen molar-refractivity contribution >= 4 is 0 Å². The number of likely N-dealkylation sites (N-methyl/N-ethyl adjacent to an activating group) is 1. The third-order valence-electron chi connectivity index (χ3n) is 3.14. The molecule has 0 aliphatic heterocycles. The monoisotopic (exact) mass is 190 g/mol. The highest BCUT2D eigenvalue weighted by molar-refractivity contribution is 5.34. The number of nitrogens with two attached hydrogens (primary N) is 1. The molecular formula is C12H18N2. The molecule has 0 heterocycles. The summed E-state index contributed by atoms with van der Waals surface area (Å²) >= 11 is 0. The van der Waals surface area contributed by atoms with Gasteiger partial charge in [0.2, 0.25) is 0 Å². The first-order chi connectivity index (χ1) is 6.83. The standard InChI is InChI=1S/C12H18N2/c1-14-12-5-4-10-6-9(8-13)2-3-11(10)7-12/h2-3,6,12,14H,4-5,7-8,13H2,1H3. The maximum absolute atomic E-state index is 5.62. The molecule has 0 amide bonds. The van der Waals surface area contributed by atoms with E-state index in [-0.39, 0.29) is 0 Å². The van der Waals surface area contributed by atoms with Crippen molar-refractivity contribution in [3.05, 3.63) is 34.9 Å². The molecule has 1 unspecified atom stereocenters. The van der Waals surface area contributed by atoms with Crippen molar-refractivity contribution in [2.24, 2.45) is 5.73 Å². The van der Waals surface area contributed by atoms with E-state index in [0.29, 0.717) is 12.6 Å². The van der Waals surface area contributed by atoms with Crippen molar-refractivity contribution < 1.29 is 0 Å². The van der Waals surface area contributed by atoms with E-state index in [1.165, 1.54) is 29.5 Å². The fraction of sp³-hybridized carbons (Fsp3) is 0.500. The Morgan fingerprint density at radius 3 is 3.00 bits per heavy atom. The molecule has 0 saturated heterocycles. The average Bonchev–Trinajstić information content (AvgIpc) is 2.27. The summed E-state index contributed by atoms with van der Waals surface area (Å²) in [7, 11) is 2.05. The van der Waals surface area contributed by atoms with E-state index in [1.54, 1.807) is 0 Å². The molecule has 1 atom stereocenters. The predicted molar refractivity (Wildman–Crippen MR) is 59.2 cm³/mol. The zero-order chi connectivity index (χ0) is 9.97. The van der Waals surface area contributed by atoms with Crippen LogP contribution in [0.1, 0.15) is 23.1 Å². The minimum atomic E-state index is 0.655. The molecule has 2 nitrogen and oxygen atoms in total. The highest BCUT2D eigenvalue weighted by Gasteiger charge is 2.16. The summed E-state index contributed by atoms with van der Waals surface area (Å²) in [6, 6.07) is 7.31. The maximum atomic E-state index is 5.62. The Morgan fingerprint density at radius 1 is 1.43 bits per heavy atom. The Labute approximate surface area is 85.5 Å². The quantitative estimate of drug-likeness (QED) is 0.736.